The van der Waals surface area contributed by atoms with Crippen LogP contribution in [0, 0.1) is 0 Å². The lowest BCUT2D eigenvalue weighted by atomic mass is 10.0. The number of carbonyl (C=O) groups excluding carboxylic acids is 2. The van der Waals surface area contributed by atoms with Gasteiger partial charge in [0, 0.05) is 17.3 Å². The maximum absolute atomic E-state index is 12.5. The molecule has 2 aromatic rings. The number of carbonyl (C=O) groups is 2. The lowest BCUT2D eigenvalue weighted by Crippen LogP contribution is -2.32. The molecule has 0 aliphatic carbocycles. The van der Waals surface area contributed by atoms with Crippen molar-refractivity contribution in [3.8, 4) is 5.75 Å². The Morgan fingerprint density at radius 3 is 2.29 bits per heavy atom. The lowest BCUT2D eigenvalue weighted by molar-refractivity contribution is -0.122. The summed E-state index contributed by atoms with van der Waals surface area (Å²) in [6.07, 6.45) is 0.192. The number of anilines is 1. The highest BCUT2D eigenvalue weighted by atomic mass is 16.5. The molecule has 2 aromatic carbocycles. The molecule has 2 atom stereocenters. The van der Waals surface area contributed by atoms with Crippen molar-refractivity contribution in [3.63, 3.8) is 0 Å². The molecule has 0 bridgehead atoms. The molecule has 2 amide bonds. The summed E-state index contributed by atoms with van der Waals surface area (Å²) in [6.45, 7) is 9.92. The van der Waals surface area contributed by atoms with Crippen molar-refractivity contribution < 1.29 is 14.3 Å². The Balaban J connectivity index is 1.98. The summed E-state index contributed by atoms with van der Waals surface area (Å²) >= 11 is 0. The SMILES string of the molecule is CCC(C)NC(=O)c1cccc(NC(=O)C(C)Oc2ccc(C(C)C)cc2)c1. The second kappa shape index (κ2) is 9.93. The Hall–Kier alpha value is -2.82. The number of rotatable bonds is 8. The molecule has 0 saturated carbocycles. The third-order valence-corrected chi connectivity index (χ3v) is 4.61. The van der Waals surface area contributed by atoms with Crippen LogP contribution in [0.2, 0.25) is 0 Å². The highest BCUT2D eigenvalue weighted by Crippen LogP contribution is 2.20. The molecule has 5 nitrogen and oxygen atoms in total. The molecule has 0 aliphatic heterocycles. The molecule has 0 radical (unpaired) electrons. The van der Waals surface area contributed by atoms with Crippen LogP contribution in [0.5, 0.6) is 5.75 Å². The molecule has 0 spiro atoms. The summed E-state index contributed by atoms with van der Waals surface area (Å²) in [6, 6.07) is 14.7. The van der Waals surface area contributed by atoms with E-state index in [1.165, 1.54) is 5.56 Å². The van der Waals surface area contributed by atoms with Crippen molar-refractivity contribution in [3.05, 3.63) is 59.7 Å². The molecule has 0 saturated heterocycles. The minimum Gasteiger partial charge on any atom is -0.481 e. The molecule has 2 N–H and O–H groups in total. The van der Waals surface area contributed by atoms with Crippen LogP contribution in [0.15, 0.2) is 48.5 Å². The number of hydrogen-bond acceptors (Lipinski definition) is 3. The Kier molecular flexibility index (Phi) is 7.61. The second-order valence-electron chi connectivity index (χ2n) is 7.34. The quantitative estimate of drug-likeness (QED) is 0.693. The average molecular weight is 383 g/mol. The number of hydrogen-bond donors (Lipinski definition) is 2. The van der Waals surface area contributed by atoms with E-state index in [1.807, 2.05) is 38.1 Å². The zero-order chi connectivity index (χ0) is 20.7. The first kappa shape index (κ1) is 21.5. The summed E-state index contributed by atoms with van der Waals surface area (Å²) in [5, 5.41) is 5.73. The van der Waals surface area contributed by atoms with Crippen LogP contribution in [0.3, 0.4) is 0 Å². The molecule has 0 heterocycles. The van der Waals surface area contributed by atoms with Crippen molar-refractivity contribution >= 4 is 17.5 Å². The summed E-state index contributed by atoms with van der Waals surface area (Å²) in [5.41, 5.74) is 2.29. The van der Waals surface area contributed by atoms with Gasteiger partial charge in [-0.15, -0.1) is 0 Å². The highest BCUT2D eigenvalue weighted by molar-refractivity contribution is 5.98. The third kappa shape index (κ3) is 6.12. The van der Waals surface area contributed by atoms with Crippen LogP contribution in [-0.2, 0) is 4.79 Å². The van der Waals surface area contributed by atoms with Crippen molar-refractivity contribution in [1.82, 2.24) is 5.32 Å². The molecule has 28 heavy (non-hydrogen) atoms. The number of benzene rings is 2. The van der Waals surface area contributed by atoms with Crippen LogP contribution in [0.1, 0.15) is 62.9 Å². The first-order valence-corrected chi connectivity index (χ1v) is 9.78. The van der Waals surface area contributed by atoms with Gasteiger partial charge in [-0.2, -0.15) is 0 Å². The molecular weight excluding hydrogens is 352 g/mol. The molecule has 0 fully saturated rings. The van der Waals surface area contributed by atoms with Gasteiger partial charge in [0.2, 0.25) is 0 Å². The number of nitrogens with one attached hydrogen (secondary N) is 2. The molecular formula is C23H30N2O3. The van der Waals surface area contributed by atoms with Crippen molar-refractivity contribution in [2.45, 2.75) is 59.1 Å². The zero-order valence-electron chi connectivity index (χ0n) is 17.3. The summed E-state index contributed by atoms with van der Waals surface area (Å²) in [7, 11) is 0. The van der Waals surface area contributed by atoms with Gasteiger partial charge in [0.1, 0.15) is 5.75 Å². The summed E-state index contributed by atoms with van der Waals surface area (Å²) in [4.78, 5) is 24.7. The van der Waals surface area contributed by atoms with E-state index in [0.717, 1.165) is 6.42 Å². The summed E-state index contributed by atoms with van der Waals surface area (Å²) in [5.74, 6) is 0.667. The maximum Gasteiger partial charge on any atom is 0.265 e. The standard InChI is InChI=1S/C23H30N2O3/c1-6-16(4)24-23(27)19-8-7-9-20(14-19)25-22(26)17(5)28-21-12-10-18(11-13-21)15(2)3/h7-17H,6H2,1-5H3,(H,24,27)(H,25,26). The average Bonchev–Trinajstić information content (AvgIpc) is 2.68. The predicted molar refractivity (Wildman–Crippen MR) is 113 cm³/mol. The first-order chi connectivity index (χ1) is 13.3. The minimum absolute atomic E-state index is 0.0984. The van der Waals surface area contributed by atoms with E-state index >= 15 is 0 Å². The van der Waals surface area contributed by atoms with Crippen LogP contribution in [0.25, 0.3) is 0 Å². The first-order valence-electron chi connectivity index (χ1n) is 9.78. The van der Waals surface area contributed by atoms with Crippen LogP contribution < -0.4 is 15.4 Å². The van der Waals surface area contributed by atoms with Crippen LogP contribution in [0.4, 0.5) is 5.69 Å². The maximum atomic E-state index is 12.5. The van der Waals surface area contributed by atoms with Gasteiger partial charge in [-0.05, 0) is 62.1 Å². The molecule has 0 aliphatic rings. The molecule has 2 rings (SSSR count). The minimum atomic E-state index is -0.664. The van der Waals surface area contributed by atoms with E-state index in [4.69, 9.17) is 4.74 Å². The van der Waals surface area contributed by atoms with Gasteiger partial charge in [-0.25, -0.2) is 0 Å². The van der Waals surface area contributed by atoms with Gasteiger partial charge in [-0.3, -0.25) is 9.59 Å². The number of amides is 2. The number of ether oxygens (including phenoxy) is 1. The van der Waals surface area contributed by atoms with Crippen LogP contribution >= 0.6 is 0 Å². The van der Waals surface area contributed by atoms with E-state index < -0.39 is 6.10 Å². The Labute approximate surface area is 167 Å². The topological polar surface area (TPSA) is 67.4 Å². The zero-order valence-corrected chi connectivity index (χ0v) is 17.3. The molecule has 2 unspecified atom stereocenters. The van der Waals surface area contributed by atoms with Gasteiger partial charge in [0.05, 0.1) is 0 Å². The largest absolute Gasteiger partial charge is 0.481 e. The molecule has 0 aromatic heterocycles. The van der Waals surface area contributed by atoms with E-state index in [2.05, 4.69) is 24.5 Å². The third-order valence-electron chi connectivity index (χ3n) is 4.61. The Morgan fingerprint density at radius 2 is 1.68 bits per heavy atom. The van der Waals surface area contributed by atoms with E-state index in [1.54, 1.807) is 31.2 Å². The fourth-order valence-electron chi connectivity index (χ4n) is 2.58. The van der Waals surface area contributed by atoms with Crippen LogP contribution in [-0.4, -0.2) is 24.0 Å². The van der Waals surface area contributed by atoms with E-state index in [9.17, 15) is 9.59 Å². The van der Waals surface area contributed by atoms with Gasteiger partial charge >= 0.3 is 0 Å². The summed E-state index contributed by atoms with van der Waals surface area (Å²) < 4.78 is 5.74. The van der Waals surface area contributed by atoms with Gasteiger partial charge < -0.3 is 15.4 Å². The van der Waals surface area contributed by atoms with Crippen molar-refractivity contribution in [1.29, 1.82) is 0 Å². The van der Waals surface area contributed by atoms with E-state index in [-0.39, 0.29) is 17.9 Å². The second-order valence-corrected chi connectivity index (χ2v) is 7.34. The lowest BCUT2D eigenvalue weighted by Gasteiger charge is -2.16. The molecule has 5 heteroatoms. The Morgan fingerprint density at radius 1 is 1.00 bits per heavy atom. The van der Waals surface area contributed by atoms with Crippen molar-refractivity contribution in [2.75, 3.05) is 5.32 Å². The fourth-order valence-corrected chi connectivity index (χ4v) is 2.58. The predicted octanol–water partition coefficient (Wildman–Crippen LogP) is 4.74. The Bertz CT molecular complexity index is 800. The molecule has 150 valence electrons. The van der Waals surface area contributed by atoms with Crippen molar-refractivity contribution in [2.24, 2.45) is 0 Å². The van der Waals surface area contributed by atoms with E-state index in [0.29, 0.717) is 22.9 Å². The fraction of sp³-hybridized carbons (Fsp3) is 0.391. The van der Waals surface area contributed by atoms with Gasteiger partial charge in [0.15, 0.2) is 6.10 Å². The van der Waals surface area contributed by atoms with Gasteiger partial charge in [0.25, 0.3) is 11.8 Å². The normalized spacial score (nSPS) is 12.9. The van der Waals surface area contributed by atoms with Gasteiger partial charge in [-0.1, -0.05) is 39.0 Å². The smallest absolute Gasteiger partial charge is 0.265 e. The highest BCUT2D eigenvalue weighted by Gasteiger charge is 2.16. The monoisotopic (exact) mass is 382 g/mol.